The second-order valence-corrected chi connectivity index (χ2v) is 7.71. The van der Waals surface area contributed by atoms with Crippen molar-refractivity contribution in [1.82, 2.24) is 10.1 Å². The van der Waals surface area contributed by atoms with Gasteiger partial charge in [0, 0.05) is 17.8 Å². The van der Waals surface area contributed by atoms with E-state index in [1.165, 1.54) is 11.2 Å². The van der Waals surface area contributed by atoms with Crippen LogP contribution in [0, 0.1) is 0 Å². The minimum atomic E-state index is -0.334. The van der Waals surface area contributed by atoms with Gasteiger partial charge in [0.25, 0.3) is 0 Å². The molecule has 7 heteroatoms. The zero-order valence-electron chi connectivity index (χ0n) is 17.4. The van der Waals surface area contributed by atoms with Crippen LogP contribution in [0.4, 0.5) is 16.3 Å². The Labute approximate surface area is 166 Å². The monoisotopic (exact) mass is 386 g/mol. The third-order valence-corrected chi connectivity index (χ3v) is 4.51. The first-order chi connectivity index (χ1) is 13.2. The maximum atomic E-state index is 13.0. The third-order valence-electron chi connectivity index (χ3n) is 4.51. The van der Waals surface area contributed by atoms with Gasteiger partial charge in [0.2, 0.25) is 5.91 Å². The zero-order chi connectivity index (χ0) is 20.8. The molecule has 0 atom stereocenters. The summed E-state index contributed by atoms with van der Waals surface area (Å²) in [6.45, 7) is 12.1. The van der Waals surface area contributed by atoms with Gasteiger partial charge < -0.3 is 20.1 Å². The lowest BCUT2D eigenvalue weighted by Crippen LogP contribution is -2.45. The zero-order valence-corrected chi connectivity index (χ0v) is 17.4. The highest BCUT2D eigenvalue weighted by Gasteiger charge is 2.23. The summed E-state index contributed by atoms with van der Waals surface area (Å²) < 4.78 is 4.71. The second kappa shape index (κ2) is 9.39. The number of anilines is 2. The Hall–Kier alpha value is -2.83. The highest BCUT2D eigenvalue weighted by Crippen LogP contribution is 2.32. The van der Waals surface area contributed by atoms with E-state index in [0.29, 0.717) is 5.82 Å². The molecular weight excluding hydrogens is 356 g/mol. The highest BCUT2D eigenvalue weighted by atomic mass is 16.5. The third kappa shape index (κ3) is 5.34. The van der Waals surface area contributed by atoms with Gasteiger partial charge in [-0.3, -0.25) is 4.79 Å². The number of benzene rings is 1. The fourth-order valence-corrected chi connectivity index (χ4v) is 2.98. The van der Waals surface area contributed by atoms with E-state index in [2.05, 4.69) is 43.5 Å². The number of nitrogens with zero attached hydrogens (tertiary/aromatic N) is 2. The maximum Gasteiger partial charge on any atom is 0.322 e. The van der Waals surface area contributed by atoms with Gasteiger partial charge in [-0.05, 0) is 36.8 Å². The fourth-order valence-electron chi connectivity index (χ4n) is 2.98. The van der Waals surface area contributed by atoms with Gasteiger partial charge in [-0.2, -0.15) is 0 Å². The molecule has 1 heterocycles. The quantitative estimate of drug-likeness (QED) is 0.715. The van der Waals surface area contributed by atoms with E-state index in [-0.39, 0.29) is 36.4 Å². The smallest absolute Gasteiger partial charge is 0.322 e. The van der Waals surface area contributed by atoms with E-state index in [4.69, 9.17) is 4.52 Å². The van der Waals surface area contributed by atoms with Crippen LogP contribution >= 0.6 is 0 Å². The number of aromatic nitrogens is 1. The molecule has 2 N–H and O–H groups in total. The molecule has 1 aromatic heterocycles. The van der Waals surface area contributed by atoms with E-state index >= 15 is 0 Å². The van der Waals surface area contributed by atoms with E-state index in [1.54, 1.807) is 6.07 Å². The minimum absolute atomic E-state index is 0.0861. The second-order valence-electron chi connectivity index (χ2n) is 7.71. The molecule has 3 amide bonds. The number of hydrogen-bond donors (Lipinski definition) is 2. The highest BCUT2D eigenvalue weighted by molar-refractivity contribution is 5.97. The summed E-state index contributed by atoms with van der Waals surface area (Å²) in [5.74, 6) is 0.509. The molecule has 0 spiro atoms. The van der Waals surface area contributed by atoms with Gasteiger partial charge >= 0.3 is 6.03 Å². The summed E-state index contributed by atoms with van der Waals surface area (Å²) in [5, 5.41) is 9.34. The number of hydrogen-bond acceptors (Lipinski definition) is 4. The van der Waals surface area contributed by atoms with Crippen molar-refractivity contribution in [2.45, 2.75) is 59.4 Å². The Balaban J connectivity index is 2.21. The van der Waals surface area contributed by atoms with Crippen molar-refractivity contribution in [3.05, 3.63) is 41.7 Å². The summed E-state index contributed by atoms with van der Waals surface area (Å²) in [5.41, 5.74) is 2.99. The number of para-hydroxylation sites is 1. The average molecular weight is 386 g/mol. The van der Waals surface area contributed by atoms with Gasteiger partial charge in [0.05, 0.1) is 0 Å². The lowest BCUT2D eigenvalue weighted by molar-refractivity contribution is -0.117. The van der Waals surface area contributed by atoms with Gasteiger partial charge in [-0.1, -0.05) is 51.1 Å². The van der Waals surface area contributed by atoms with Crippen LogP contribution in [0.2, 0.25) is 0 Å². The molecule has 0 saturated carbocycles. The van der Waals surface area contributed by atoms with Crippen molar-refractivity contribution >= 4 is 23.4 Å². The van der Waals surface area contributed by atoms with Crippen molar-refractivity contribution in [2.75, 3.05) is 17.2 Å². The average Bonchev–Trinajstić information content (AvgIpc) is 3.11. The molecule has 2 aromatic rings. The van der Waals surface area contributed by atoms with E-state index < -0.39 is 0 Å². The molecule has 0 saturated heterocycles. The molecule has 0 aliphatic heterocycles. The molecule has 0 unspecified atom stereocenters. The van der Waals surface area contributed by atoms with Gasteiger partial charge in [0.15, 0.2) is 5.82 Å². The van der Waals surface area contributed by atoms with Crippen molar-refractivity contribution < 1.29 is 14.1 Å². The predicted octanol–water partition coefficient (Wildman–Crippen LogP) is 4.80. The Morgan fingerprint density at radius 3 is 2.07 bits per heavy atom. The maximum absolute atomic E-state index is 13.0. The van der Waals surface area contributed by atoms with Gasteiger partial charge in [-0.25, -0.2) is 4.79 Å². The number of rotatable bonds is 7. The summed E-state index contributed by atoms with van der Waals surface area (Å²) in [4.78, 5) is 26.9. The number of carbonyl (C=O) groups excluding carboxylic acids is 2. The summed E-state index contributed by atoms with van der Waals surface area (Å²) in [6, 6.07) is 7.17. The Morgan fingerprint density at radius 1 is 1.00 bits per heavy atom. The lowest BCUT2D eigenvalue weighted by Gasteiger charge is -2.28. The summed E-state index contributed by atoms with van der Waals surface area (Å²) in [6.07, 6.45) is 1.37. The summed E-state index contributed by atoms with van der Waals surface area (Å²) in [7, 11) is 0. The van der Waals surface area contributed by atoms with E-state index in [0.717, 1.165) is 16.8 Å². The van der Waals surface area contributed by atoms with Crippen molar-refractivity contribution in [3.63, 3.8) is 0 Å². The van der Waals surface area contributed by atoms with Crippen LogP contribution in [-0.4, -0.2) is 34.6 Å². The molecule has 0 radical (unpaired) electrons. The molecular formula is C21H30N4O3. The molecule has 1 aromatic carbocycles. The molecule has 28 heavy (non-hydrogen) atoms. The molecule has 0 bridgehead atoms. The first kappa shape index (κ1) is 21.5. The van der Waals surface area contributed by atoms with Crippen molar-refractivity contribution in [3.8, 4) is 0 Å². The van der Waals surface area contributed by atoms with Crippen molar-refractivity contribution in [1.29, 1.82) is 0 Å². The lowest BCUT2D eigenvalue weighted by atomic mass is 9.93. The number of nitrogens with one attached hydrogen (secondary N) is 2. The number of urea groups is 1. The van der Waals surface area contributed by atoms with Crippen LogP contribution in [-0.2, 0) is 4.79 Å². The van der Waals surface area contributed by atoms with Crippen LogP contribution in [0.5, 0.6) is 0 Å². The van der Waals surface area contributed by atoms with Crippen LogP contribution in [0.1, 0.15) is 64.5 Å². The molecule has 152 valence electrons. The van der Waals surface area contributed by atoms with Gasteiger partial charge in [-0.15, -0.1) is 0 Å². The fraction of sp³-hybridized carbons (Fsp3) is 0.476. The topological polar surface area (TPSA) is 87.5 Å². The normalized spacial score (nSPS) is 11.2. The standard InChI is InChI=1S/C21H30N4O3/c1-13(2)16-8-7-9-17(14(3)4)20(16)23-21(27)25(15(5)6)12-19(26)22-18-10-11-28-24-18/h7-11,13-15H,12H2,1-6H3,(H,23,27)(H,22,24,26). The Kier molecular flexibility index (Phi) is 7.20. The molecule has 7 nitrogen and oxygen atoms in total. The first-order valence-corrected chi connectivity index (χ1v) is 9.61. The largest absolute Gasteiger partial charge is 0.363 e. The number of carbonyl (C=O) groups is 2. The van der Waals surface area contributed by atoms with E-state index in [9.17, 15) is 9.59 Å². The van der Waals surface area contributed by atoms with Crippen LogP contribution in [0.3, 0.4) is 0 Å². The molecule has 0 fully saturated rings. The van der Waals surface area contributed by atoms with Crippen LogP contribution < -0.4 is 10.6 Å². The van der Waals surface area contributed by atoms with Crippen molar-refractivity contribution in [2.24, 2.45) is 0 Å². The Morgan fingerprint density at radius 2 is 1.61 bits per heavy atom. The predicted molar refractivity (Wildman–Crippen MR) is 111 cm³/mol. The molecule has 2 rings (SSSR count). The first-order valence-electron chi connectivity index (χ1n) is 9.61. The minimum Gasteiger partial charge on any atom is -0.363 e. The Bertz CT molecular complexity index is 772. The van der Waals surface area contributed by atoms with Crippen LogP contribution in [0.25, 0.3) is 0 Å². The number of amides is 3. The SMILES string of the molecule is CC(C)c1cccc(C(C)C)c1NC(=O)N(CC(=O)Nc1ccon1)C(C)C. The molecule has 0 aliphatic carbocycles. The summed E-state index contributed by atoms with van der Waals surface area (Å²) >= 11 is 0. The van der Waals surface area contributed by atoms with Gasteiger partial charge in [0.1, 0.15) is 12.8 Å². The van der Waals surface area contributed by atoms with Crippen LogP contribution in [0.15, 0.2) is 35.1 Å². The van der Waals surface area contributed by atoms with E-state index in [1.807, 2.05) is 32.0 Å². The molecule has 0 aliphatic rings.